The monoisotopic (exact) mass is 1460 g/mol. The number of benzene rings is 10. The first-order valence-corrected chi connectivity index (χ1v) is 38.2. The van der Waals surface area contributed by atoms with Crippen LogP contribution in [0.1, 0.15) is 304 Å². The molecular formula is C107H172. The maximum absolute atomic E-state index is 2.27. The van der Waals surface area contributed by atoms with Crippen molar-refractivity contribution in [2.75, 3.05) is 0 Å². The van der Waals surface area contributed by atoms with Crippen molar-refractivity contribution in [1.29, 1.82) is 0 Å². The first kappa shape index (κ1) is 111. The second-order valence-corrected chi connectivity index (χ2v) is 34.6. The summed E-state index contributed by atoms with van der Waals surface area (Å²) in [5.41, 5.74) is 33.0. The molecule has 0 heterocycles. The van der Waals surface area contributed by atoms with Gasteiger partial charge in [-0.05, 0) is 331 Å². The maximum atomic E-state index is 2.27. The van der Waals surface area contributed by atoms with Crippen molar-refractivity contribution < 1.29 is 0 Å². The topological polar surface area (TPSA) is 0 Å². The van der Waals surface area contributed by atoms with Gasteiger partial charge in [0.1, 0.15) is 0 Å². The van der Waals surface area contributed by atoms with Crippen molar-refractivity contribution in [3.63, 3.8) is 0 Å². The second kappa shape index (κ2) is 52.9. The molecule has 10 rings (SSSR count). The zero-order valence-electron chi connectivity index (χ0n) is 72.1. The summed E-state index contributed by atoms with van der Waals surface area (Å²) in [7, 11) is 0. The largest absolute Gasteiger partial charge is 0.0776 e. The summed E-state index contributed by atoms with van der Waals surface area (Å²) in [5.74, 6) is 1.75. The molecule has 0 bridgehead atoms. The van der Waals surface area contributed by atoms with Crippen LogP contribution in [-0.2, 0) is 0 Å². The zero-order valence-corrected chi connectivity index (χ0v) is 72.1. The first-order chi connectivity index (χ1) is 46.6. The summed E-state index contributed by atoms with van der Waals surface area (Å²) < 4.78 is 0. The smallest absolute Gasteiger partial charge is 0.0152 e. The van der Waals surface area contributed by atoms with Gasteiger partial charge < -0.3 is 0 Å². The van der Waals surface area contributed by atoms with Crippen LogP contribution < -0.4 is 0 Å². The Hall–Kier alpha value is -7.02. The molecule has 0 spiro atoms. The van der Waals surface area contributed by atoms with E-state index in [0.717, 1.165) is 11.8 Å². The fourth-order valence-corrected chi connectivity index (χ4v) is 11.8. The molecule has 0 aliphatic carbocycles. The molecule has 10 aromatic rings. The first-order valence-electron chi connectivity index (χ1n) is 38.2. The molecule has 0 N–H and O–H groups in total. The third-order valence-corrected chi connectivity index (χ3v) is 18.4. The molecule has 0 aliphatic heterocycles. The fourth-order valence-electron chi connectivity index (χ4n) is 11.8. The van der Waals surface area contributed by atoms with Gasteiger partial charge in [0.15, 0.2) is 0 Å². The molecule has 0 unspecified atom stereocenters. The van der Waals surface area contributed by atoms with E-state index in [4.69, 9.17) is 0 Å². The maximum Gasteiger partial charge on any atom is -0.0152 e. The number of hydrogen-bond acceptors (Lipinski definition) is 0. The van der Waals surface area contributed by atoms with Gasteiger partial charge in [-0.15, -0.1) is 0 Å². The summed E-state index contributed by atoms with van der Waals surface area (Å²) in [6.07, 6.45) is 6.66. The number of aryl methyl sites for hydroxylation is 21. The third kappa shape index (κ3) is 44.9. The Labute approximate surface area is 668 Å². The van der Waals surface area contributed by atoms with Crippen molar-refractivity contribution in [1.82, 2.24) is 0 Å². The predicted octanol–water partition coefficient (Wildman–Crippen LogP) is 35.9. The van der Waals surface area contributed by atoms with E-state index >= 15 is 0 Å². The summed E-state index contributed by atoms with van der Waals surface area (Å²) >= 11 is 0. The second-order valence-electron chi connectivity index (χ2n) is 34.6. The van der Waals surface area contributed by atoms with Gasteiger partial charge >= 0.3 is 0 Å². The van der Waals surface area contributed by atoms with E-state index in [0.29, 0.717) is 16.2 Å². The number of fused-ring (bicyclic) bond motifs is 3. The van der Waals surface area contributed by atoms with Crippen LogP contribution in [0.25, 0.3) is 43.4 Å². The van der Waals surface area contributed by atoms with Gasteiger partial charge in [0.25, 0.3) is 0 Å². The highest BCUT2D eigenvalue weighted by Gasteiger charge is 2.09. The molecule has 600 valence electrons. The van der Waals surface area contributed by atoms with Crippen LogP contribution in [0.2, 0.25) is 0 Å². The molecule has 0 saturated carbocycles. The normalized spacial score (nSPS) is 10.2. The minimum atomic E-state index is 0. The quantitative estimate of drug-likeness (QED) is 0.161. The van der Waals surface area contributed by atoms with Gasteiger partial charge in [0.05, 0.1) is 0 Å². The van der Waals surface area contributed by atoms with Crippen molar-refractivity contribution in [2.24, 2.45) is 28.1 Å². The molecule has 0 heteroatoms. The Morgan fingerprint density at radius 3 is 0.729 bits per heavy atom. The van der Waals surface area contributed by atoms with E-state index in [1.165, 1.54) is 192 Å². The SMILES string of the molecule is C.C.C.C.C.C.CC(C)(C)C.CC(C)CC(C)C.CCCC(C)(C)C.CCCC(C)(C)C.Cc1cc(C)c(C)cc1C.Cc1cc(C)c(C)cc1C.Cc1cc(C)c2cc(C)ccc2c1.Cc1ccc(-c2ccc(C)c(C)c2)cc1C.Cc1ccc2c(C)c(C)ccc2c1.Cc1ccc2c(C)c(C)ccc2c1. The molecule has 10 aromatic carbocycles. The molecule has 0 nitrogen and oxygen atoms in total. The molecule has 0 atom stereocenters. The number of hydrogen-bond donors (Lipinski definition) is 0. The highest BCUT2D eigenvalue weighted by molar-refractivity contribution is 5.88. The molecule has 0 saturated heterocycles. The minimum absolute atomic E-state index is 0. The molecule has 0 fully saturated rings. The van der Waals surface area contributed by atoms with Gasteiger partial charge in [-0.3, -0.25) is 0 Å². The summed E-state index contributed by atoms with van der Waals surface area (Å²) in [5, 5.41) is 8.19. The summed E-state index contributed by atoms with van der Waals surface area (Å²) in [6.45, 7) is 81.2. The lowest BCUT2D eigenvalue weighted by atomic mass is 9.91. The molecule has 0 aromatic heterocycles. The van der Waals surface area contributed by atoms with E-state index < -0.39 is 0 Å². The lowest BCUT2D eigenvalue weighted by molar-refractivity contribution is 0.373. The van der Waals surface area contributed by atoms with Crippen LogP contribution in [0.4, 0.5) is 0 Å². The average Bonchev–Trinajstić information content (AvgIpc) is 0.836. The van der Waals surface area contributed by atoms with Gasteiger partial charge in [-0.1, -0.05) is 342 Å². The molecular weight excluding hydrogens is 1290 g/mol. The molecule has 107 heavy (non-hydrogen) atoms. The van der Waals surface area contributed by atoms with Gasteiger partial charge in [0, 0.05) is 0 Å². The molecule has 0 aliphatic rings. The Morgan fingerprint density at radius 2 is 0.477 bits per heavy atom. The average molecular weight is 1460 g/mol. The van der Waals surface area contributed by atoms with Crippen LogP contribution in [0.3, 0.4) is 0 Å². The van der Waals surface area contributed by atoms with Crippen LogP contribution in [0, 0.1) is 173 Å². The Bertz CT molecular complexity index is 3760. The van der Waals surface area contributed by atoms with E-state index in [9.17, 15) is 0 Å². The minimum Gasteiger partial charge on any atom is -0.0776 e. The predicted molar refractivity (Wildman–Crippen MR) is 505 cm³/mol. The van der Waals surface area contributed by atoms with Gasteiger partial charge in [0.2, 0.25) is 0 Å². The van der Waals surface area contributed by atoms with Crippen molar-refractivity contribution in [3.8, 4) is 11.1 Å². The molecule has 0 amide bonds. The van der Waals surface area contributed by atoms with E-state index in [2.05, 4.69) is 408 Å². The Kier molecular flexibility index (Phi) is 54.9. The van der Waals surface area contributed by atoms with E-state index in [1.807, 2.05) is 0 Å². The van der Waals surface area contributed by atoms with Gasteiger partial charge in [-0.25, -0.2) is 0 Å². The van der Waals surface area contributed by atoms with Gasteiger partial charge in [-0.2, -0.15) is 0 Å². The van der Waals surface area contributed by atoms with Crippen LogP contribution >= 0.6 is 0 Å². The number of rotatable bonds is 5. The standard InChI is InChI=1S/C16H18.3C13H14.2C10H14.3C7H16.C5H12.6CH4/c1-11-5-7-15(9-13(11)3)16-8-6-12(2)14(4)10-16;2*1-9-4-7-13-11(3)10(2)5-6-12(13)8-9;1-9-4-5-12-7-10(2)6-11(3)13(12)8-9;2*1-7-5-9(3)10(4)6-8(7)2;1-6(2)5-7(3)4;2*1-5-6-7(2,3)4;1-5(2,3)4;;;;;;/h5-10H,1-4H3;3*4-8H,1-3H3;2*5-6H,1-4H3;6-7H,5H2,1-4H3;2*5-6H2,1-4H3;1-4H3;6*1H4. The Morgan fingerprint density at radius 1 is 0.234 bits per heavy atom. The van der Waals surface area contributed by atoms with E-state index in [1.54, 1.807) is 0 Å². The lowest BCUT2D eigenvalue weighted by Gasteiger charge is -2.15. The molecule has 0 radical (unpaired) electrons. The zero-order chi connectivity index (χ0) is 77.6. The van der Waals surface area contributed by atoms with Crippen molar-refractivity contribution >= 4 is 32.3 Å². The van der Waals surface area contributed by atoms with Crippen LogP contribution in [0.15, 0.2) is 152 Å². The van der Waals surface area contributed by atoms with Crippen molar-refractivity contribution in [2.45, 2.75) is 333 Å². The fraction of sp³-hybridized carbons (Fsp3) is 0.495. The van der Waals surface area contributed by atoms with Crippen LogP contribution in [0.5, 0.6) is 0 Å². The Balaban J connectivity index is -0.000000267. The van der Waals surface area contributed by atoms with Crippen molar-refractivity contribution in [3.05, 3.63) is 268 Å². The summed E-state index contributed by atoms with van der Waals surface area (Å²) in [6, 6.07) is 55.4. The third-order valence-electron chi connectivity index (χ3n) is 18.4. The van der Waals surface area contributed by atoms with E-state index in [-0.39, 0.29) is 44.6 Å². The van der Waals surface area contributed by atoms with Crippen LogP contribution in [-0.4, -0.2) is 0 Å². The highest BCUT2D eigenvalue weighted by atomic mass is 14.1. The summed E-state index contributed by atoms with van der Waals surface area (Å²) in [4.78, 5) is 0. The highest BCUT2D eigenvalue weighted by Crippen LogP contribution is 2.28. The lowest BCUT2D eigenvalue weighted by Crippen LogP contribution is -2.02.